The van der Waals surface area contributed by atoms with Crippen LogP contribution in [0, 0.1) is 11.5 Å². The maximum atomic E-state index is 11.9. The van der Waals surface area contributed by atoms with Gasteiger partial charge >= 0.3 is 0 Å². The number of nitrogens with two attached hydrogens (primary N) is 1. The molecule has 0 amide bonds. The summed E-state index contributed by atoms with van der Waals surface area (Å²) in [6.07, 6.45) is 1.50. The van der Waals surface area contributed by atoms with E-state index < -0.39 is 16.0 Å². The van der Waals surface area contributed by atoms with Crippen molar-refractivity contribution >= 4 is 26.8 Å². The highest BCUT2D eigenvalue weighted by Gasteiger charge is 2.14. The number of rotatable bonds is 2. The van der Waals surface area contributed by atoms with Crippen LogP contribution in [0.15, 0.2) is 51.8 Å². The van der Waals surface area contributed by atoms with Gasteiger partial charge in [0, 0.05) is 0 Å². The Morgan fingerprint density at radius 2 is 1.89 bits per heavy atom. The first-order valence-corrected chi connectivity index (χ1v) is 6.71. The van der Waals surface area contributed by atoms with Gasteiger partial charge in [0.25, 0.3) is 10.0 Å². The summed E-state index contributed by atoms with van der Waals surface area (Å²) in [4.78, 5) is 0.0221. The number of guanidine groups is 1. The van der Waals surface area contributed by atoms with Gasteiger partial charge < -0.3 is 5.73 Å². The lowest BCUT2D eigenvalue weighted by molar-refractivity contribution is 0.598. The lowest BCUT2D eigenvalue weighted by Crippen LogP contribution is -2.28. The number of fused-ring (bicyclic) bond motifs is 1. The molecule has 96 valence electrons. The van der Waals surface area contributed by atoms with E-state index in [1.807, 2.05) is 23.5 Å². The predicted molar refractivity (Wildman–Crippen MR) is 71.5 cm³/mol. The van der Waals surface area contributed by atoms with Crippen LogP contribution in [-0.2, 0) is 10.0 Å². The van der Waals surface area contributed by atoms with Crippen molar-refractivity contribution < 1.29 is 8.42 Å². The molecule has 3 N–H and O–H groups in total. The van der Waals surface area contributed by atoms with Crippen molar-refractivity contribution in [2.45, 2.75) is 4.90 Å². The second-order valence-electron chi connectivity index (χ2n) is 3.70. The highest BCUT2D eigenvalue weighted by Crippen LogP contribution is 2.20. The van der Waals surface area contributed by atoms with Crippen LogP contribution in [0.5, 0.6) is 0 Å². The van der Waals surface area contributed by atoms with E-state index in [1.54, 1.807) is 12.1 Å². The molecular weight excluding hydrogens is 264 g/mol. The van der Waals surface area contributed by atoms with E-state index in [0.29, 0.717) is 0 Å². The van der Waals surface area contributed by atoms with Gasteiger partial charge in [0.05, 0.1) is 4.90 Å². The van der Waals surface area contributed by atoms with Gasteiger partial charge in [-0.1, -0.05) is 30.3 Å². The maximum absolute atomic E-state index is 11.9. The molecule has 7 heteroatoms. The Labute approximate surface area is 110 Å². The van der Waals surface area contributed by atoms with Gasteiger partial charge in [-0.05, 0) is 22.9 Å². The van der Waals surface area contributed by atoms with Crippen molar-refractivity contribution in [3.8, 4) is 6.19 Å². The van der Waals surface area contributed by atoms with Gasteiger partial charge in [-0.15, -0.1) is 4.40 Å². The third-order valence-electron chi connectivity index (χ3n) is 2.42. The number of nitrogens with one attached hydrogen (secondary N) is 1. The van der Waals surface area contributed by atoms with Crippen LogP contribution < -0.4 is 11.1 Å². The summed E-state index contributed by atoms with van der Waals surface area (Å²) in [5.41, 5.74) is 5.26. The molecule has 2 rings (SSSR count). The normalized spacial score (nSPS) is 12.1. The topological polar surface area (TPSA) is 108 Å². The van der Waals surface area contributed by atoms with Gasteiger partial charge in [-0.2, -0.15) is 13.7 Å². The molecule has 2 aromatic carbocycles. The number of nitrogens with zero attached hydrogens (tertiary/aromatic N) is 2. The van der Waals surface area contributed by atoms with Crippen molar-refractivity contribution in [1.82, 2.24) is 5.32 Å². The molecule has 0 atom stereocenters. The summed E-state index contributed by atoms with van der Waals surface area (Å²) in [6.45, 7) is 0. The van der Waals surface area contributed by atoms with Crippen molar-refractivity contribution in [3.63, 3.8) is 0 Å². The third kappa shape index (κ3) is 2.81. The molecule has 2 aromatic rings. The summed E-state index contributed by atoms with van der Waals surface area (Å²) in [5, 5.41) is 12.0. The molecule has 0 aromatic heterocycles. The Balaban J connectivity index is 2.50. The average molecular weight is 274 g/mol. The molecule has 0 unspecified atom stereocenters. The summed E-state index contributed by atoms with van der Waals surface area (Å²) >= 11 is 0. The molecule has 0 aliphatic rings. The summed E-state index contributed by atoms with van der Waals surface area (Å²) in [5.74, 6) is -0.462. The first kappa shape index (κ1) is 12.9. The Hall–Kier alpha value is -2.59. The van der Waals surface area contributed by atoms with E-state index in [4.69, 9.17) is 11.0 Å². The van der Waals surface area contributed by atoms with Gasteiger partial charge in [0.15, 0.2) is 6.19 Å². The van der Waals surface area contributed by atoms with Crippen LogP contribution in [0.25, 0.3) is 10.8 Å². The third-order valence-corrected chi connectivity index (χ3v) is 3.71. The van der Waals surface area contributed by atoms with Crippen molar-refractivity contribution in [3.05, 3.63) is 42.5 Å². The molecule has 0 saturated carbocycles. The molecule has 19 heavy (non-hydrogen) atoms. The van der Waals surface area contributed by atoms with Crippen LogP contribution in [-0.4, -0.2) is 14.4 Å². The maximum Gasteiger partial charge on any atom is 0.285 e. The fraction of sp³-hybridized carbons (Fsp3) is 0. The molecule has 0 fully saturated rings. The van der Waals surface area contributed by atoms with Gasteiger partial charge in [-0.25, -0.2) is 0 Å². The fourth-order valence-electron chi connectivity index (χ4n) is 1.59. The van der Waals surface area contributed by atoms with E-state index in [9.17, 15) is 8.42 Å². The zero-order chi connectivity index (χ0) is 13.9. The summed E-state index contributed by atoms with van der Waals surface area (Å²) in [6, 6.07) is 12.0. The Morgan fingerprint density at radius 1 is 1.21 bits per heavy atom. The predicted octanol–water partition coefficient (Wildman–Crippen LogP) is 0.914. The summed E-state index contributed by atoms with van der Waals surface area (Å²) in [7, 11) is -3.92. The Bertz CT molecular complexity index is 791. The Kier molecular flexibility index (Phi) is 3.35. The minimum atomic E-state index is -3.92. The van der Waals surface area contributed by atoms with Crippen molar-refractivity contribution in [2.75, 3.05) is 0 Å². The fourth-order valence-corrected chi connectivity index (χ4v) is 2.52. The van der Waals surface area contributed by atoms with Crippen molar-refractivity contribution in [2.24, 2.45) is 10.1 Å². The van der Waals surface area contributed by atoms with E-state index >= 15 is 0 Å². The number of benzene rings is 2. The first-order valence-electron chi connectivity index (χ1n) is 5.27. The number of nitriles is 1. The van der Waals surface area contributed by atoms with Crippen LogP contribution in [0.1, 0.15) is 0 Å². The van der Waals surface area contributed by atoms with Crippen LogP contribution >= 0.6 is 0 Å². The van der Waals surface area contributed by atoms with E-state index in [1.165, 1.54) is 18.3 Å². The van der Waals surface area contributed by atoms with Crippen LogP contribution in [0.4, 0.5) is 0 Å². The number of hydrogen-bond acceptors (Lipinski definition) is 3. The molecule has 0 radical (unpaired) electrons. The molecule has 0 spiro atoms. The van der Waals surface area contributed by atoms with Crippen molar-refractivity contribution in [1.29, 1.82) is 5.26 Å². The summed E-state index contributed by atoms with van der Waals surface area (Å²) < 4.78 is 27.2. The second-order valence-corrected chi connectivity index (χ2v) is 5.30. The monoisotopic (exact) mass is 274 g/mol. The van der Waals surface area contributed by atoms with Gasteiger partial charge in [-0.3, -0.25) is 5.32 Å². The average Bonchev–Trinajstić information content (AvgIpc) is 2.37. The largest absolute Gasteiger partial charge is 0.368 e. The zero-order valence-corrected chi connectivity index (χ0v) is 10.6. The SMILES string of the molecule is N#CN/C(N)=N/S(=O)(=O)c1ccc2ccccc2c1. The first-order chi connectivity index (χ1) is 9.03. The van der Waals surface area contributed by atoms with Gasteiger partial charge in [0.1, 0.15) is 0 Å². The number of hydrogen-bond donors (Lipinski definition) is 2. The molecule has 0 aliphatic carbocycles. The Morgan fingerprint density at radius 3 is 2.58 bits per heavy atom. The lowest BCUT2D eigenvalue weighted by atomic mass is 10.1. The van der Waals surface area contributed by atoms with Crippen LogP contribution in [0.2, 0.25) is 0 Å². The standard InChI is InChI=1S/C12H10N4O2S/c13-8-15-12(14)16-19(17,18)11-6-5-9-3-1-2-4-10(9)7-11/h1-7H,(H3,14,15,16). The van der Waals surface area contributed by atoms with E-state index in [-0.39, 0.29) is 4.90 Å². The molecule has 0 aliphatic heterocycles. The quantitative estimate of drug-likeness (QED) is 0.366. The minimum absolute atomic E-state index is 0.0221. The molecule has 6 nitrogen and oxygen atoms in total. The molecular formula is C12H10N4O2S. The smallest absolute Gasteiger partial charge is 0.285 e. The number of sulfonamides is 1. The lowest BCUT2D eigenvalue weighted by Gasteiger charge is -2.02. The molecule has 0 bridgehead atoms. The van der Waals surface area contributed by atoms with Gasteiger partial charge in [0.2, 0.25) is 5.96 Å². The highest BCUT2D eigenvalue weighted by atomic mass is 32.2. The zero-order valence-electron chi connectivity index (χ0n) is 9.74. The van der Waals surface area contributed by atoms with E-state index in [0.717, 1.165) is 10.8 Å². The molecule has 0 heterocycles. The second kappa shape index (κ2) is 4.96. The van der Waals surface area contributed by atoms with E-state index in [2.05, 4.69) is 4.40 Å². The minimum Gasteiger partial charge on any atom is -0.368 e. The highest BCUT2D eigenvalue weighted by molar-refractivity contribution is 7.90. The molecule has 0 saturated heterocycles. The van der Waals surface area contributed by atoms with Crippen LogP contribution in [0.3, 0.4) is 0 Å².